The lowest BCUT2D eigenvalue weighted by Crippen LogP contribution is -2.22. The number of thioether (sulfide) groups is 1. The van der Waals surface area contributed by atoms with Crippen molar-refractivity contribution in [1.82, 2.24) is 4.90 Å². The van der Waals surface area contributed by atoms with E-state index >= 15 is 0 Å². The number of rotatable bonds is 3. The van der Waals surface area contributed by atoms with Gasteiger partial charge in [-0.2, -0.15) is 4.99 Å². The molecule has 106 valence electrons. The van der Waals surface area contributed by atoms with Crippen molar-refractivity contribution < 1.29 is 9.59 Å². The zero-order valence-electron chi connectivity index (χ0n) is 11.1. The Hall–Kier alpha value is -1.34. The number of nitrogens with zero attached hydrogens (tertiary/aromatic N) is 2. The first-order chi connectivity index (χ1) is 9.47. The highest BCUT2D eigenvalue weighted by atomic mass is 79.9. The SMILES string of the molecule is CN(C)C1=NC(=O)C(CC(=O)Nc2ccccc2Br)S1. The van der Waals surface area contributed by atoms with Crippen molar-refractivity contribution in [2.75, 3.05) is 19.4 Å². The fraction of sp³-hybridized carbons (Fsp3) is 0.308. The van der Waals surface area contributed by atoms with E-state index in [-0.39, 0.29) is 18.2 Å². The van der Waals surface area contributed by atoms with Crippen LogP contribution in [0.3, 0.4) is 0 Å². The van der Waals surface area contributed by atoms with Gasteiger partial charge in [-0.15, -0.1) is 0 Å². The number of carbonyl (C=O) groups is 2. The van der Waals surface area contributed by atoms with Gasteiger partial charge in [-0.25, -0.2) is 0 Å². The summed E-state index contributed by atoms with van der Waals surface area (Å²) in [4.78, 5) is 29.4. The van der Waals surface area contributed by atoms with Gasteiger partial charge in [0.1, 0.15) is 5.25 Å². The molecule has 1 aromatic carbocycles. The molecule has 20 heavy (non-hydrogen) atoms. The number of halogens is 1. The summed E-state index contributed by atoms with van der Waals surface area (Å²) in [6.45, 7) is 0. The van der Waals surface area contributed by atoms with Gasteiger partial charge in [-0.05, 0) is 28.1 Å². The Kier molecular flexibility index (Phi) is 4.82. The molecule has 1 N–H and O–H groups in total. The van der Waals surface area contributed by atoms with Gasteiger partial charge in [-0.1, -0.05) is 23.9 Å². The predicted molar refractivity (Wildman–Crippen MR) is 84.9 cm³/mol. The van der Waals surface area contributed by atoms with Crippen LogP contribution in [0.2, 0.25) is 0 Å². The molecule has 2 rings (SSSR count). The summed E-state index contributed by atoms with van der Waals surface area (Å²) >= 11 is 4.69. The van der Waals surface area contributed by atoms with Crippen molar-refractivity contribution in [1.29, 1.82) is 0 Å². The zero-order chi connectivity index (χ0) is 14.7. The fourth-order valence-corrected chi connectivity index (χ4v) is 3.02. The molecule has 0 spiro atoms. The van der Waals surface area contributed by atoms with Crippen LogP contribution in [-0.2, 0) is 9.59 Å². The van der Waals surface area contributed by atoms with E-state index < -0.39 is 5.25 Å². The van der Waals surface area contributed by atoms with E-state index in [9.17, 15) is 9.59 Å². The molecule has 0 saturated heterocycles. The lowest BCUT2D eigenvalue weighted by atomic mass is 10.2. The maximum atomic E-state index is 12.0. The van der Waals surface area contributed by atoms with Crippen LogP contribution in [0.25, 0.3) is 0 Å². The van der Waals surface area contributed by atoms with Crippen LogP contribution < -0.4 is 5.32 Å². The molecule has 0 radical (unpaired) electrons. The number of anilines is 1. The number of carbonyl (C=O) groups excluding carboxylic acids is 2. The third-order valence-corrected chi connectivity index (χ3v) is 4.64. The van der Waals surface area contributed by atoms with Crippen LogP contribution in [0.15, 0.2) is 33.7 Å². The molecular formula is C13H14BrN3O2S. The highest BCUT2D eigenvalue weighted by Crippen LogP contribution is 2.27. The number of amides is 2. The molecule has 5 nitrogen and oxygen atoms in total. The minimum Gasteiger partial charge on any atom is -0.357 e. The van der Waals surface area contributed by atoms with Gasteiger partial charge in [-0.3, -0.25) is 9.59 Å². The van der Waals surface area contributed by atoms with Crippen LogP contribution >= 0.6 is 27.7 Å². The lowest BCUT2D eigenvalue weighted by Gasteiger charge is -2.12. The molecule has 0 bridgehead atoms. The van der Waals surface area contributed by atoms with E-state index in [1.54, 1.807) is 11.0 Å². The normalized spacial score (nSPS) is 17.9. The Morgan fingerprint density at radius 1 is 1.45 bits per heavy atom. The Labute approximate surface area is 129 Å². The van der Waals surface area contributed by atoms with Crippen LogP contribution in [0.4, 0.5) is 5.69 Å². The standard InChI is InChI=1S/C13H14BrN3O2S/c1-17(2)13-16-12(19)10(20-13)7-11(18)15-9-6-4-3-5-8(9)14/h3-6,10H,7H2,1-2H3,(H,15,18). The summed E-state index contributed by atoms with van der Waals surface area (Å²) in [7, 11) is 3.64. The minimum atomic E-state index is -0.435. The molecule has 1 unspecified atom stereocenters. The molecule has 0 aromatic heterocycles. The van der Waals surface area contributed by atoms with E-state index in [0.29, 0.717) is 10.9 Å². The van der Waals surface area contributed by atoms with Gasteiger partial charge in [0.05, 0.1) is 5.69 Å². The van der Waals surface area contributed by atoms with E-state index in [2.05, 4.69) is 26.2 Å². The number of amidine groups is 1. The Morgan fingerprint density at radius 2 is 2.15 bits per heavy atom. The van der Waals surface area contributed by atoms with Crippen molar-refractivity contribution in [2.24, 2.45) is 4.99 Å². The molecule has 1 aliphatic rings. The molecule has 1 aromatic rings. The summed E-state index contributed by atoms with van der Waals surface area (Å²) in [5.41, 5.74) is 0.696. The molecule has 0 fully saturated rings. The second-order valence-electron chi connectivity index (χ2n) is 4.47. The molecular weight excluding hydrogens is 342 g/mol. The topological polar surface area (TPSA) is 61.8 Å². The third-order valence-electron chi connectivity index (χ3n) is 2.63. The summed E-state index contributed by atoms with van der Waals surface area (Å²) in [5.74, 6) is -0.445. The van der Waals surface area contributed by atoms with Crippen LogP contribution in [0.5, 0.6) is 0 Å². The second-order valence-corrected chi connectivity index (χ2v) is 6.49. The number of hydrogen-bond acceptors (Lipinski definition) is 4. The monoisotopic (exact) mass is 355 g/mol. The second kappa shape index (κ2) is 6.41. The minimum absolute atomic E-state index is 0.117. The molecule has 1 atom stereocenters. The Morgan fingerprint density at radius 3 is 2.75 bits per heavy atom. The van der Waals surface area contributed by atoms with Crippen molar-refractivity contribution in [2.45, 2.75) is 11.7 Å². The maximum absolute atomic E-state index is 12.0. The Balaban J connectivity index is 1.94. The summed E-state index contributed by atoms with van der Waals surface area (Å²) < 4.78 is 0.809. The Bertz CT molecular complexity index is 574. The van der Waals surface area contributed by atoms with Gasteiger partial charge < -0.3 is 10.2 Å². The first-order valence-corrected chi connectivity index (χ1v) is 7.65. The van der Waals surface area contributed by atoms with Crippen molar-refractivity contribution >= 4 is 50.4 Å². The van der Waals surface area contributed by atoms with Crippen LogP contribution in [0, 0.1) is 0 Å². The predicted octanol–water partition coefficient (Wildman–Crippen LogP) is 2.34. The molecule has 1 aliphatic heterocycles. The highest BCUT2D eigenvalue weighted by molar-refractivity contribution is 9.10. The lowest BCUT2D eigenvalue weighted by molar-refractivity contribution is -0.121. The van der Waals surface area contributed by atoms with Gasteiger partial charge in [0, 0.05) is 25.0 Å². The van der Waals surface area contributed by atoms with Crippen LogP contribution in [0.1, 0.15) is 6.42 Å². The first kappa shape index (κ1) is 15.1. The van der Waals surface area contributed by atoms with E-state index in [0.717, 1.165) is 4.47 Å². The number of nitrogens with one attached hydrogen (secondary N) is 1. The quantitative estimate of drug-likeness (QED) is 0.903. The molecule has 0 aliphatic carbocycles. The van der Waals surface area contributed by atoms with Gasteiger partial charge in [0.25, 0.3) is 5.91 Å². The molecule has 0 saturated carbocycles. The number of aliphatic imine (C=N–C) groups is 1. The zero-order valence-corrected chi connectivity index (χ0v) is 13.5. The summed E-state index contributed by atoms with van der Waals surface area (Å²) in [6, 6.07) is 7.35. The number of para-hydroxylation sites is 1. The van der Waals surface area contributed by atoms with Crippen molar-refractivity contribution in [3.8, 4) is 0 Å². The maximum Gasteiger partial charge on any atom is 0.262 e. The average Bonchev–Trinajstić information content (AvgIpc) is 2.74. The molecule has 2 amide bonds. The largest absolute Gasteiger partial charge is 0.357 e. The van der Waals surface area contributed by atoms with Gasteiger partial charge >= 0.3 is 0 Å². The third kappa shape index (κ3) is 3.61. The highest BCUT2D eigenvalue weighted by Gasteiger charge is 2.31. The fourth-order valence-electron chi connectivity index (χ4n) is 1.64. The molecule has 1 heterocycles. The van der Waals surface area contributed by atoms with Crippen LogP contribution in [-0.4, -0.2) is 41.2 Å². The van der Waals surface area contributed by atoms with Crippen molar-refractivity contribution in [3.63, 3.8) is 0 Å². The van der Waals surface area contributed by atoms with Gasteiger partial charge in [0.15, 0.2) is 5.17 Å². The van der Waals surface area contributed by atoms with Crippen molar-refractivity contribution in [3.05, 3.63) is 28.7 Å². The summed E-state index contributed by atoms with van der Waals surface area (Å²) in [6.07, 6.45) is 0.117. The smallest absolute Gasteiger partial charge is 0.262 e. The molecule has 7 heteroatoms. The summed E-state index contributed by atoms with van der Waals surface area (Å²) in [5, 5.41) is 3.00. The van der Waals surface area contributed by atoms with Gasteiger partial charge in [0.2, 0.25) is 5.91 Å². The number of hydrogen-bond donors (Lipinski definition) is 1. The van der Waals surface area contributed by atoms with E-state index in [1.165, 1.54) is 11.8 Å². The number of benzene rings is 1. The van der Waals surface area contributed by atoms with E-state index in [4.69, 9.17) is 0 Å². The first-order valence-electron chi connectivity index (χ1n) is 5.98. The van der Waals surface area contributed by atoms with E-state index in [1.807, 2.05) is 32.3 Å². The average molecular weight is 356 g/mol.